The molecule has 0 radical (unpaired) electrons. The number of rotatable bonds is 6. The average Bonchev–Trinajstić information content (AvgIpc) is 2.12. The summed E-state index contributed by atoms with van der Waals surface area (Å²) >= 11 is 0. The van der Waals surface area contributed by atoms with Gasteiger partial charge in [0.05, 0.1) is 12.6 Å². The van der Waals surface area contributed by atoms with Gasteiger partial charge < -0.3 is 14.8 Å². The quantitative estimate of drug-likeness (QED) is 0.796. The number of carbonyl (C=O) groups excluding carboxylic acids is 1. The van der Waals surface area contributed by atoms with Crippen LogP contribution in [0.15, 0.2) is 0 Å². The first-order valence-corrected chi connectivity index (χ1v) is 6.69. The molecule has 0 saturated carbocycles. The van der Waals surface area contributed by atoms with Crippen molar-refractivity contribution in [1.29, 1.82) is 0 Å². The molecule has 0 unspecified atom stereocenters. The van der Waals surface area contributed by atoms with Gasteiger partial charge in [0.1, 0.15) is 5.60 Å². The Balaban J connectivity index is 4.15. The van der Waals surface area contributed by atoms with Crippen molar-refractivity contribution in [2.45, 2.75) is 60.1 Å². The number of hydrogen-bond acceptors (Lipinski definition) is 3. The highest BCUT2D eigenvalue weighted by atomic mass is 16.6. The summed E-state index contributed by atoms with van der Waals surface area (Å²) in [5, 5.41) is 2.86. The van der Waals surface area contributed by atoms with E-state index >= 15 is 0 Å². The van der Waals surface area contributed by atoms with Crippen molar-refractivity contribution in [3.05, 3.63) is 0 Å². The van der Waals surface area contributed by atoms with Crippen LogP contribution in [0.2, 0.25) is 0 Å². The number of amides is 1. The third-order valence-corrected chi connectivity index (χ3v) is 2.26. The van der Waals surface area contributed by atoms with Crippen LogP contribution in [0.3, 0.4) is 0 Å². The predicted octanol–water partition coefficient (Wildman–Crippen LogP) is 3.21. The smallest absolute Gasteiger partial charge is 0.407 e. The standard InChI is InChI=1S/C14H29NO3/c1-10(2)8-17-9-12(11(3)4)15-13(16)18-14(5,6)7/h10-12H,8-9H2,1-7H3,(H,15,16)/t12-/m0/s1. The Morgan fingerprint density at radius 1 is 1.11 bits per heavy atom. The first-order valence-electron chi connectivity index (χ1n) is 6.69. The minimum Gasteiger partial charge on any atom is -0.444 e. The monoisotopic (exact) mass is 259 g/mol. The fourth-order valence-corrected chi connectivity index (χ4v) is 1.29. The van der Waals surface area contributed by atoms with Crippen molar-refractivity contribution in [2.75, 3.05) is 13.2 Å². The lowest BCUT2D eigenvalue weighted by molar-refractivity contribution is 0.0380. The maximum Gasteiger partial charge on any atom is 0.407 e. The highest BCUT2D eigenvalue weighted by Gasteiger charge is 2.21. The number of hydrogen-bond donors (Lipinski definition) is 1. The van der Waals surface area contributed by atoms with Crippen LogP contribution in [0, 0.1) is 11.8 Å². The van der Waals surface area contributed by atoms with Crippen LogP contribution in [0.1, 0.15) is 48.5 Å². The second kappa shape index (κ2) is 7.62. The first kappa shape index (κ1) is 17.2. The van der Waals surface area contributed by atoms with Crippen LogP contribution in [0.25, 0.3) is 0 Å². The second-order valence-electron chi connectivity index (χ2n) is 6.43. The van der Waals surface area contributed by atoms with E-state index in [9.17, 15) is 4.79 Å². The summed E-state index contributed by atoms with van der Waals surface area (Å²) in [4.78, 5) is 11.7. The molecule has 0 aromatic rings. The van der Waals surface area contributed by atoms with Gasteiger partial charge in [-0.2, -0.15) is 0 Å². The van der Waals surface area contributed by atoms with Crippen molar-refractivity contribution in [1.82, 2.24) is 5.32 Å². The number of nitrogens with one attached hydrogen (secondary N) is 1. The number of alkyl carbamates (subject to hydrolysis) is 1. The summed E-state index contributed by atoms with van der Waals surface area (Å²) < 4.78 is 10.8. The summed E-state index contributed by atoms with van der Waals surface area (Å²) in [7, 11) is 0. The van der Waals surface area contributed by atoms with Gasteiger partial charge in [0.25, 0.3) is 0 Å². The molecule has 1 atom stereocenters. The molecule has 1 amide bonds. The van der Waals surface area contributed by atoms with Crippen molar-refractivity contribution >= 4 is 6.09 Å². The zero-order chi connectivity index (χ0) is 14.3. The second-order valence-corrected chi connectivity index (χ2v) is 6.43. The zero-order valence-electron chi connectivity index (χ0n) is 12.9. The zero-order valence-corrected chi connectivity index (χ0v) is 12.9. The van der Waals surface area contributed by atoms with E-state index < -0.39 is 5.60 Å². The van der Waals surface area contributed by atoms with E-state index in [0.29, 0.717) is 25.0 Å². The van der Waals surface area contributed by atoms with E-state index in [1.54, 1.807) is 0 Å². The molecular formula is C14H29NO3. The van der Waals surface area contributed by atoms with E-state index in [0.717, 1.165) is 0 Å². The maximum atomic E-state index is 11.7. The fraction of sp³-hybridized carbons (Fsp3) is 0.929. The molecule has 4 heteroatoms. The molecular weight excluding hydrogens is 230 g/mol. The van der Waals surface area contributed by atoms with Crippen LogP contribution in [0.5, 0.6) is 0 Å². The third-order valence-electron chi connectivity index (χ3n) is 2.26. The number of ether oxygens (including phenoxy) is 2. The normalized spacial score (nSPS) is 13.8. The summed E-state index contributed by atoms with van der Waals surface area (Å²) in [6.45, 7) is 15.1. The summed E-state index contributed by atoms with van der Waals surface area (Å²) in [5.74, 6) is 0.809. The minimum absolute atomic E-state index is 0.0152. The molecule has 0 aliphatic heterocycles. The van der Waals surface area contributed by atoms with E-state index in [-0.39, 0.29) is 12.1 Å². The molecule has 0 aromatic heterocycles. The molecule has 0 bridgehead atoms. The van der Waals surface area contributed by atoms with E-state index in [4.69, 9.17) is 9.47 Å². The molecule has 0 spiro atoms. The largest absolute Gasteiger partial charge is 0.444 e. The molecule has 0 fully saturated rings. The molecule has 0 heterocycles. The lowest BCUT2D eigenvalue weighted by Crippen LogP contribution is -2.44. The molecule has 1 N–H and O–H groups in total. The van der Waals surface area contributed by atoms with Gasteiger partial charge in [-0.3, -0.25) is 0 Å². The Labute approximate surface area is 111 Å². The van der Waals surface area contributed by atoms with Gasteiger partial charge in [0.15, 0.2) is 0 Å². The van der Waals surface area contributed by atoms with Crippen LogP contribution < -0.4 is 5.32 Å². The van der Waals surface area contributed by atoms with Crippen molar-refractivity contribution in [2.24, 2.45) is 11.8 Å². The highest BCUT2D eigenvalue weighted by Crippen LogP contribution is 2.09. The highest BCUT2D eigenvalue weighted by molar-refractivity contribution is 5.68. The van der Waals surface area contributed by atoms with Gasteiger partial charge in [0.2, 0.25) is 0 Å². The van der Waals surface area contributed by atoms with Crippen LogP contribution in [-0.2, 0) is 9.47 Å². The Kier molecular flexibility index (Phi) is 7.29. The topological polar surface area (TPSA) is 47.6 Å². The van der Waals surface area contributed by atoms with Crippen LogP contribution in [-0.4, -0.2) is 30.9 Å². The maximum absolute atomic E-state index is 11.7. The molecule has 0 rings (SSSR count). The average molecular weight is 259 g/mol. The summed E-state index contributed by atoms with van der Waals surface area (Å²) in [5.41, 5.74) is -0.468. The molecule has 0 saturated heterocycles. The predicted molar refractivity (Wildman–Crippen MR) is 73.7 cm³/mol. The molecule has 0 aliphatic rings. The molecule has 18 heavy (non-hydrogen) atoms. The summed E-state index contributed by atoms with van der Waals surface area (Å²) in [6.07, 6.45) is -0.380. The van der Waals surface area contributed by atoms with Crippen LogP contribution >= 0.6 is 0 Å². The molecule has 0 aliphatic carbocycles. The lowest BCUT2D eigenvalue weighted by Gasteiger charge is -2.26. The Bertz CT molecular complexity index is 244. The van der Waals surface area contributed by atoms with E-state index in [2.05, 4.69) is 33.0 Å². The number of carbonyl (C=O) groups is 1. The first-order chi connectivity index (χ1) is 8.11. The van der Waals surface area contributed by atoms with Gasteiger partial charge in [-0.1, -0.05) is 27.7 Å². The van der Waals surface area contributed by atoms with Gasteiger partial charge >= 0.3 is 6.09 Å². The SMILES string of the molecule is CC(C)COC[C@H](NC(=O)OC(C)(C)C)C(C)C. The Hall–Kier alpha value is -0.770. The van der Waals surface area contributed by atoms with Crippen molar-refractivity contribution < 1.29 is 14.3 Å². The van der Waals surface area contributed by atoms with Gasteiger partial charge in [-0.15, -0.1) is 0 Å². The Morgan fingerprint density at radius 2 is 1.67 bits per heavy atom. The van der Waals surface area contributed by atoms with Crippen LogP contribution in [0.4, 0.5) is 4.79 Å². The van der Waals surface area contributed by atoms with Gasteiger partial charge in [0, 0.05) is 6.61 Å². The van der Waals surface area contributed by atoms with E-state index in [1.165, 1.54) is 0 Å². The summed E-state index contributed by atoms with van der Waals surface area (Å²) in [6, 6.07) is -0.0152. The molecule has 0 aromatic carbocycles. The molecule has 108 valence electrons. The van der Waals surface area contributed by atoms with Gasteiger partial charge in [-0.05, 0) is 32.6 Å². The Morgan fingerprint density at radius 3 is 2.06 bits per heavy atom. The van der Waals surface area contributed by atoms with Crippen molar-refractivity contribution in [3.8, 4) is 0 Å². The van der Waals surface area contributed by atoms with E-state index in [1.807, 2.05) is 20.8 Å². The minimum atomic E-state index is -0.468. The molecule has 4 nitrogen and oxygen atoms in total. The van der Waals surface area contributed by atoms with Gasteiger partial charge in [-0.25, -0.2) is 4.79 Å². The fourth-order valence-electron chi connectivity index (χ4n) is 1.29. The van der Waals surface area contributed by atoms with Crippen molar-refractivity contribution in [3.63, 3.8) is 0 Å². The third kappa shape index (κ3) is 9.28. The lowest BCUT2D eigenvalue weighted by atomic mass is 10.1.